The fourth-order valence-electron chi connectivity index (χ4n) is 2.85. The maximum atomic E-state index is 13.0. The lowest BCUT2D eigenvalue weighted by Gasteiger charge is -2.11. The zero-order valence-electron chi connectivity index (χ0n) is 15.5. The number of aryl methyl sites for hydroxylation is 1. The summed E-state index contributed by atoms with van der Waals surface area (Å²) in [5.41, 5.74) is 3.08. The molecule has 1 saturated heterocycles. The van der Waals surface area contributed by atoms with Crippen LogP contribution in [-0.2, 0) is 10.9 Å². The lowest BCUT2D eigenvalue weighted by Crippen LogP contribution is -2.37. The molecule has 2 heterocycles. The van der Waals surface area contributed by atoms with Crippen molar-refractivity contribution in [2.45, 2.75) is 32.0 Å². The molecular formula is C18H19ClF3N5OS. The molecule has 0 radical (unpaired) electrons. The van der Waals surface area contributed by atoms with Crippen LogP contribution in [-0.4, -0.2) is 40.4 Å². The third-order valence-corrected chi connectivity index (χ3v) is 4.94. The van der Waals surface area contributed by atoms with Crippen LogP contribution in [0.4, 0.5) is 13.2 Å². The molecule has 2 aromatic rings. The molecule has 0 aliphatic carbocycles. The van der Waals surface area contributed by atoms with Crippen molar-refractivity contribution in [2.24, 2.45) is 5.10 Å². The van der Waals surface area contributed by atoms with Gasteiger partial charge in [-0.2, -0.15) is 23.4 Å². The summed E-state index contributed by atoms with van der Waals surface area (Å²) in [5.74, 6) is 0. The number of ether oxygens (including phenoxy) is 1. The Morgan fingerprint density at radius 1 is 1.48 bits per heavy atom. The van der Waals surface area contributed by atoms with Gasteiger partial charge in [0.15, 0.2) is 5.11 Å². The smallest absolute Gasteiger partial charge is 0.376 e. The van der Waals surface area contributed by atoms with E-state index in [1.807, 2.05) is 0 Å². The first-order valence-corrected chi connectivity index (χ1v) is 9.65. The summed E-state index contributed by atoms with van der Waals surface area (Å²) in [7, 11) is 0. The van der Waals surface area contributed by atoms with Gasteiger partial charge >= 0.3 is 6.18 Å². The van der Waals surface area contributed by atoms with E-state index in [-0.39, 0.29) is 16.9 Å². The summed E-state index contributed by atoms with van der Waals surface area (Å²) >= 11 is 11.5. The first-order chi connectivity index (χ1) is 13.8. The molecule has 11 heteroatoms. The van der Waals surface area contributed by atoms with E-state index in [4.69, 9.17) is 28.6 Å². The average Bonchev–Trinajstić information content (AvgIpc) is 3.29. The van der Waals surface area contributed by atoms with Crippen molar-refractivity contribution in [3.05, 3.63) is 46.2 Å². The molecule has 1 aliphatic heterocycles. The van der Waals surface area contributed by atoms with Crippen molar-refractivity contribution < 1.29 is 17.9 Å². The van der Waals surface area contributed by atoms with Gasteiger partial charge in [0, 0.05) is 13.2 Å². The molecule has 0 bridgehead atoms. The van der Waals surface area contributed by atoms with Crippen LogP contribution in [0.15, 0.2) is 29.4 Å². The number of hydrogen-bond donors (Lipinski definition) is 2. The van der Waals surface area contributed by atoms with Crippen LogP contribution in [0, 0.1) is 6.92 Å². The molecule has 29 heavy (non-hydrogen) atoms. The van der Waals surface area contributed by atoms with Gasteiger partial charge in [0.1, 0.15) is 5.15 Å². The van der Waals surface area contributed by atoms with Gasteiger partial charge in [-0.25, -0.2) is 4.68 Å². The van der Waals surface area contributed by atoms with Crippen LogP contribution in [0.1, 0.15) is 29.7 Å². The molecule has 0 saturated carbocycles. The minimum absolute atomic E-state index is 0.140. The van der Waals surface area contributed by atoms with E-state index in [0.29, 0.717) is 22.9 Å². The van der Waals surface area contributed by atoms with E-state index in [1.165, 1.54) is 23.0 Å². The normalized spacial score (nSPS) is 17.1. The number of halogens is 4. The van der Waals surface area contributed by atoms with Gasteiger partial charge in [-0.05, 0) is 50.2 Å². The molecule has 3 rings (SSSR count). The second-order valence-corrected chi connectivity index (χ2v) is 7.23. The number of alkyl halides is 3. The maximum absolute atomic E-state index is 13.0. The summed E-state index contributed by atoms with van der Waals surface area (Å²) in [4.78, 5) is 0. The van der Waals surface area contributed by atoms with Crippen LogP contribution >= 0.6 is 23.8 Å². The number of nitrogens with zero attached hydrogens (tertiary/aromatic N) is 3. The molecule has 1 fully saturated rings. The minimum Gasteiger partial charge on any atom is -0.376 e. The van der Waals surface area contributed by atoms with Crippen molar-refractivity contribution in [1.82, 2.24) is 20.5 Å². The van der Waals surface area contributed by atoms with Gasteiger partial charge in [0.2, 0.25) is 0 Å². The van der Waals surface area contributed by atoms with E-state index in [0.717, 1.165) is 31.6 Å². The van der Waals surface area contributed by atoms with Crippen molar-refractivity contribution >= 4 is 35.1 Å². The van der Waals surface area contributed by atoms with Gasteiger partial charge in [-0.15, -0.1) is 0 Å². The predicted molar refractivity (Wildman–Crippen MR) is 109 cm³/mol. The lowest BCUT2D eigenvalue weighted by atomic mass is 10.2. The van der Waals surface area contributed by atoms with Gasteiger partial charge in [-0.1, -0.05) is 17.7 Å². The number of rotatable bonds is 5. The first kappa shape index (κ1) is 21.5. The number of hydrogen-bond acceptors (Lipinski definition) is 4. The van der Waals surface area contributed by atoms with Crippen LogP contribution in [0.25, 0.3) is 5.69 Å². The van der Waals surface area contributed by atoms with E-state index < -0.39 is 11.7 Å². The Bertz CT molecular complexity index is 909. The SMILES string of the molecule is Cc1nn(-c2cccc(C(F)(F)F)c2)c(Cl)c1/C=N/NC(=S)NCC1CCCO1. The van der Waals surface area contributed by atoms with Gasteiger partial charge < -0.3 is 10.1 Å². The molecule has 0 amide bonds. The van der Waals surface area contributed by atoms with Crippen LogP contribution in [0.3, 0.4) is 0 Å². The zero-order chi connectivity index (χ0) is 21.0. The average molecular weight is 446 g/mol. The maximum Gasteiger partial charge on any atom is 0.416 e. The highest BCUT2D eigenvalue weighted by Crippen LogP contribution is 2.31. The monoisotopic (exact) mass is 445 g/mol. The number of thiocarbonyl (C=S) groups is 1. The second kappa shape index (κ2) is 9.10. The Morgan fingerprint density at radius 3 is 2.97 bits per heavy atom. The predicted octanol–water partition coefficient (Wildman–Crippen LogP) is 3.83. The van der Waals surface area contributed by atoms with Gasteiger partial charge in [0.25, 0.3) is 0 Å². The fraction of sp³-hybridized carbons (Fsp3) is 0.389. The highest BCUT2D eigenvalue weighted by Gasteiger charge is 2.30. The largest absolute Gasteiger partial charge is 0.416 e. The molecule has 2 N–H and O–H groups in total. The van der Waals surface area contributed by atoms with Crippen LogP contribution < -0.4 is 10.7 Å². The van der Waals surface area contributed by atoms with Crippen LogP contribution in [0.5, 0.6) is 0 Å². The highest BCUT2D eigenvalue weighted by molar-refractivity contribution is 7.80. The molecule has 1 atom stereocenters. The highest BCUT2D eigenvalue weighted by atomic mass is 35.5. The summed E-state index contributed by atoms with van der Waals surface area (Å²) < 4.78 is 45.6. The molecule has 1 aromatic carbocycles. The van der Waals surface area contributed by atoms with Crippen molar-refractivity contribution in [3.8, 4) is 5.69 Å². The fourth-order valence-corrected chi connectivity index (χ4v) is 3.31. The minimum atomic E-state index is -4.45. The zero-order valence-corrected chi connectivity index (χ0v) is 17.0. The summed E-state index contributed by atoms with van der Waals surface area (Å²) in [6.45, 7) is 3.04. The number of aromatic nitrogens is 2. The Balaban J connectivity index is 1.68. The third kappa shape index (κ3) is 5.46. The van der Waals surface area contributed by atoms with E-state index in [2.05, 4.69) is 20.9 Å². The standard InChI is InChI=1S/C18H19ClF3N5OS/c1-11-15(10-24-25-17(29)23-9-14-6-3-7-28-14)16(19)27(26-11)13-5-2-4-12(8-13)18(20,21)22/h2,4-5,8,10,14H,3,6-7,9H2,1H3,(H2,23,25,29)/b24-10+. The first-order valence-electron chi connectivity index (χ1n) is 8.87. The topological polar surface area (TPSA) is 63.5 Å². The Labute approximate surface area is 176 Å². The Hall–Kier alpha value is -2.17. The van der Waals surface area contributed by atoms with Gasteiger partial charge in [-0.3, -0.25) is 5.43 Å². The summed E-state index contributed by atoms with van der Waals surface area (Å²) in [6.07, 6.45) is -0.859. The summed E-state index contributed by atoms with van der Waals surface area (Å²) in [5, 5.41) is 11.7. The van der Waals surface area contributed by atoms with Crippen LogP contribution in [0.2, 0.25) is 5.15 Å². The molecule has 1 unspecified atom stereocenters. The molecule has 156 valence electrons. The van der Waals surface area contributed by atoms with Crippen molar-refractivity contribution in [3.63, 3.8) is 0 Å². The summed E-state index contributed by atoms with van der Waals surface area (Å²) in [6, 6.07) is 4.78. The van der Waals surface area contributed by atoms with Crippen molar-refractivity contribution in [1.29, 1.82) is 0 Å². The number of hydrazone groups is 1. The Morgan fingerprint density at radius 2 is 2.28 bits per heavy atom. The van der Waals surface area contributed by atoms with E-state index in [9.17, 15) is 13.2 Å². The van der Waals surface area contributed by atoms with E-state index in [1.54, 1.807) is 6.92 Å². The quantitative estimate of drug-likeness (QED) is 0.416. The number of nitrogens with one attached hydrogen (secondary N) is 2. The molecule has 1 aromatic heterocycles. The molecule has 1 aliphatic rings. The Kier molecular flexibility index (Phi) is 6.76. The molecular weight excluding hydrogens is 427 g/mol. The molecule has 6 nitrogen and oxygen atoms in total. The van der Waals surface area contributed by atoms with Gasteiger partial charge in [0.05, 0.1) is 34.8 Å². The van der Waals surface area contributed by atoms with Crippen molar-refractivity contribution in [2.75, 3.05) is 13.2 Å². The van der Waals surface area contributed by atoms with E-state index >= 15 is 0 Å². The lowest BCUT2D eigenvalue weighted by molar-refractivity contribution is -0.137. The second-order valence-electron chi connectivity index (χ2n) is 6.46. The third-order valence-electron chi connectivity index (χ3n) is 4.34. The molecule has 0 spiro atoms. The number of benzene rings is 1.